The van der Waals surface area contributed by atoms with Gasteiger partial charge in [0.2, 0.25) is 0 Å². The second kappa shape index (κ2) is 5.36. The summed E-state index contributed by atoms with van der Waals surface area (Å²) in [5.41, 5.74) is 0.975. The normalized spacial score (nSPS) is 8.50. The molecule has 0 atom stereocenters. The van der Waals surface area contributed by atoms with E-state index in [1.165, 1.54) is 6.92 Å². The summed E-state index contributed by atoms with van der Waals surface area (Å²) in [7, 11) is 0. The number of aryl methyl sites for hydroxylation is 1. The molecule has 0 aromatic heterocycles. The SMILES string of the molecule is CC(=O)Oc1ccccc1C.[Na]. The van der Waals surface area contributed by atoms with Gasteiger partial charge in [-0.3, -0.25) is 4.79 Å². The molecular formula is C9H10NaO2. The minimum Gasteiger partial charge on any atom is -0.426 e. The quantitative estimate of drug-likeness (QED) is 0.366. The zero-order valence-electron chi connectivity index (χ0n) is 7.63. The maximum Gasteiger partial charge on any atom is 0.308 e. The zero-order valence-corrected chi connectivity index (χ0v) is 9.63. The van der Waals surface area contributed by atoms with Gasteiger partial charge in [0.05, 0.1) is 0 Å². The largest absolute Gasteiger partial charge is 0.426 e. The van der Waals surface area contributed by atoms with Gasteiger partial charge in [-0.1, -0.05) is 18.2 Å². The predicted octanol–water partition coefficient (Wildman–Crippen LogP) is 1.54. The number of ether oxygens (including phenoxy) is 1. The number of hydrogen-bond donors (Lipinski definition) is 0. The zero-order chi connectivity index (χ0) is 8.27. The smallest absolute Gasteiger partial charge is 0.308 e. The first-order valence-corrected chi connectivity index (χ1v) is 3.44. The second-order valence-corrected chi connectivity index (χ2v) is 2.36. The van der Waals surface area contributed by atoms with Crippen molar-refractivity contribution in [3.63, 3.8) is 0 Å². The van der Waals surface area contributed by atoms with Crippen LogP contribution in [0.25, 0.3) is 0 Å². The maximum absolute atomic E-state index is 10.5. The van der Waals surface area contributed by atoms with Crippen LogP contribution in [0.15, 0.2) is 24.3 Å². The number of para-hydroxylation sites is 1. The van der Waals surface area contributed by atoms with E-state index in [0.29, 0.717) is 5.75 Å². The fourth-order valence-electron chi connectivity index (χ4n) is 0.826. The van der Waals surface area contributed by atoms with Crippen molar-refractivity contribution in [1.29, 1.82) is 0 Å². The van der Waals surface area contributed by atoms with Crippen molar-refractivity contribution in [3.05, 3.63) is 29.8 Å². The van der Waals surface area contributed by atoms with Gasteiger partial charge in [-0.25, -0.2) is 0 Å². The van der Waals surface area contributed by atoms with Crippen molar-refractivity contribution in [2.24, 2.45) is 0 Å². The molecule has 1 rings (SSSR count). The predicted molar refractivity (Wildman–Crippen MR) is 48.2 cm³/mol. The summed E-state index contributed by atoms with van der Waals surface area (Å²) < 4.78 is 4.91. The molecule has 1 aromatic rings. The van der Waals surface area contributed by atoms with E-state index in [9.17, 15) is 4.79 Å². The van der Waals surface area contributed by atoms with Crippen LogP contribution >= 0.6 is 0 Å². The van der Waals surface area contributed by atoms with E-state index >= 15 is 0 Å². The van der Waals surface area contributed by atoms with E-state index in [-0.39, 0.29) is 35.5 Å². The van der Waals surface area contributed by atoms with Gasteiger partial charge in [-0.05, 0) is 18.6 Å². The third-order valence-corrected chi connectivity index (χ3v) is 1.35. The average molecular weight is 173 g/mol. The Morgan fingerprint density at radius 2 is 1.92 bits per heavy atom. The number of hydrogen-bond acceptors (Lipinski definition) is 2. The number of esters is 1. The van der Waals surface area contributed by atoms with Gasteiger partial charge in [-0.2, -0.15) is 0 Å². The fourth-order valence-corrected chi connectivity index (χ4v) is 0.826. The molecule has 1 radical (unpaired) electrons. The summed E-state index contributed by atoms with van der Waals surface area (Å²) >= 11 is 0. The number of rotatable bonds is 1. The van der Waals surface area contributed by atoms with Gasteiger partial charge in [0.25, 0.3) is 0 Å². The molecule has 59 valence electrons. The third-order valence-electron chi connectivity index (χ3n) is 1.35. The molecule has 0 saturated heterocycles. The van der Waals surface area contributed by atoms with Crippen LogP contribution in [0.3, 0.4) is 0 Å². The van der Waals surface area contributed by atoms with Crippen molar-refractivity contribution in [3.8, 4) is 5.75 Å². The minimum absolute atomic E-state index is 0. The number of carbonyl (C=O) groups excluding carboxylic acids is 1. The average Bonchev–Trinajstić information content (AvgIpc) is 1.93. The van der Waals surface area contributed by atoms with Gasteiger partial charge in [-0.15, -0.1) is 0 Å². The molecule has 0 unspecified atom stereocenters. The van der Waals surface area contributed by atoms with Crippen LogP contribution in [0.1, 0.15) is 12.5 Å². The Hall–Kier alpha value is -0.310. The molecule has 2 nitrogen and oxygen atoms in total. The minimum atomic E-state index is -0.278. The Kier molecular flexibility index (Phi) is 5.22. The van der Waals surface area contributed by atoms with E-state index < -0.39 is 0 Å². The third kappa shape index (κ3) is 3.39. The first-order valence-electron chi connectivity index (χ1n) is 3.44. The Labute approximate surface area is 94.2 Å². The molecule has 0 bridgehead atoms. The first kappa shape index (κ1) is 11.7. The molecule has 1 aromatic carbocycles. The molecule has 0 amide bonds. The molecule has 0 aliphatic rings. The standard InChI is InChI=1S/C9H10O2.Na/c1-7-5-3-4-6-9(7)11-8(2)10;/h3-6H,1-2H3;. The summed E-state index contributed by atoms with van der Waals surface area (Å²) in [6, 6.07) is 7.42. The Morgan fingerprint density at radius 3 is 2.42 bits per heavy atom. The molecule has 0 N–H and O–H groups in total. The van der Waals surface area contributed by atoms with Crippen LogP contribution in [0.4, 0.5) is 0 Å². The number of benzene rings is 1. The Morgan fingerprint density at radius 1 is 1.33 bits per heavy atom. The fraction of sp³-hybridized carbons (Fsp3) is 0.222. The van der Waals surface area contributed by atoms with Crippen LogP contribution in [0, 0.1) is 6.92 Å². The first-order chi connectivity index (χ1) is 5.20. The summed E-state index contributed by atoms with van der Waals surface area (Å²) in [5, 5.41) is 0. The van der Waals surface area contributed by atoms with Crippen molar-refractivity contribution in [2.45, 2.75) is 13.8 Å². The molecule has 0 saturated carbocycles. The van der Waals surface area contributed by atoms with Crippen molar-refractivity contribution >= 4 is 35.5 Å². The molecule has 3 heteroatoms. The molecule has 0 aliphatic heterocycles. The van der Waals surface area contributed by atoms with E-state index in [4.69, 9.17) is 4.74 Å². The summed E-state index contributed by atoms with van der Waals surface area (Å²) in [6.45, 7) is 3.30. The van der Waals surface area contributed by atoms with E-state index in [1.54, 1.807) is 6.07 Å². The van der Waals surface area contributed by atoms with Gasteiger partial charge in [0.15, 0.2) is 0 Å². The van der Waals surface area contributed by atoms with Crippen LogP contribution < -0.4 is 4.74 Å². The topological polar surface area (TPSA) is 26.3 Å². The molecule has 0 heterocycles. The van der Waals surface area contributed by atoms with E-state index in [2.05, 4.69) is 0 Å². The summed E-state index contributed by atoms with van der Waals surface area (Å²) in [4.78, 5) is 10.5. The summed E-state index contributed by atoms with van der Waals surface area (Å²) in [6.07, 6.45) is 0. The van der Waals surface area contributed by atoms with Crippen molar-refractivity contribution in [1.82, 2.24) is 0 Å². The molecule has 0 spiro atoms. The Bertz CT molecular complexity index is 271. The van der Waals surface area contributed by atoms with Gasteiger partial charge in [0, 0.05) is 36.5 Å². The number of carbonyl (C=O) groups is 1. The Balaban J connectivity index is 0.00000121. The van der Waals surface area contributed by atoms with E-state index in [0.717, 1.165) is 5.56 Å². The maximum atomic E-state index is 10.5. The molecule has 0 fully saturated rings. The van der Waals surface area contributed by atoms with Crippen LogP contribution in [-0.4, -0.2) is 35.5 Å². The van der Waals surface area contributed by atoms with Gasteiger partial charge < -0.3 is 4.74 Å². The monoisotopic (exact) mass is 173 g/mol. The van der Waals surface area contributed by atoms with Crippen molar-refractivity contribution in [2.75, 3.05) is 0 Å². The molecule has 12 heavy (non-hydrogen) atoms. The molecular weight excluding hydrogens is 163 g/mol. The summed E-state index contributed by atoms with van der Waals surface area (Å²) in [5.74, 6) is 0.360. The van der Waals surface area contributed by atoms with Gasteiger partial charge in [0.1, 0.15) is 5.75 Å². The second-order valence-electron chi connectivity index (χ2n) is 2.36. The molecule has 0 aliphatic carbocycles. The van der Waals surface area contributed by atoms with Crippen molar-refractivity contribution < 1.29 is 9.53 Å². The van der Waals surface area contributed by atoms with Crippen LogP contribution in [-0.2, 0) is 4.79 Å². The van der Waals surface area contributed by atoms with Crippen LogP contribution in [0.2, 0.25) is 0 Å². The van der Waals surface area contributed by atoms with E-state index in [1.807, 2.05) is 25.1 Å². The van der Waals surface area contributed by atoms with Gasteiger partial charge >= 0.3 is 5.97 Å². The van der Waals surface area contributed by atoms with Crippen LogP contribution in [0.5, 0.6) is 5.75 Å².